The Morgan fingerprint density at radius 1 is 1.19 bits per heavy atom. The van der Waals surface area contributed by atoms with Crippen LogP contribution < -0.4 is 4.90 Å². The predicted molar refractivity (Wildman–Crippen MR) is 98.8 cm³/mol. The Balaban J connectivity index is 1.75. The molecule has 3 heterocycles. The normalized spacial score (nSPS) is 15.7. The Morgan fingerprint density at radius 3 is 2.70 bits per heavy atom. The summed E-state index contributed by atoms with van der Waals surface area (Å²) in [7, 11) is 0. The molecule has 0 saturated heterocycles. The van der Waals surface area contributed by atoms with Crippen molar-refractivity contribution in [1.29, 1.82) is 5.26 Å². The van der Waals surface area contributed by atoms with E-state index in [4.69, 9.17) is 5.26 Å². The molecule has 136 valence electrons. The molecular formula is C20H19FN6. The lowest BCUT2D eigenvalue weighted by Gasteiger charge is -2.30. The summed E-state index contributed by atoms with van der Waals surface area (Å²) >= 11 is 0. The summed E-state index contributed by atoms with van der Waals surface area (Å²) in [6.45, 7) is 5.82. The van der Waals surface area contributed by atoms with E-state index in [2.05, 4.69) is 33.8 Å². The van der Waals surface area contributed by atoms with Crippen molar-refractivity contribution in [2.75, 3.05) is 11.4 Å². The van der Waals surface area contributed by atoms with Crippen molar-refractivity contribution in [3.05, 3.63) is 65.6 Å². The van der Waals surface area contributed by atoms with Gasteiger partial charge in [0.15, 0.2) is 0 Å². The standard InChI is InChI=1S/C20H19FN6/c1-20(2)9-17-14(11-24-27(17)16-5-3-15(21)4-6-16)12-26(13-20)19-7-8-23-18(10-22)25-19/h3-8,11H,9,12-13H2,1-2H3. The summed E-state index contributed by atoms with van der Waals surface area (Å²) in [4.78, 5) is 10.5. The quantitative estimate of drug-likeness (QED) is 0.700. The van der Waals surface area contributed by atoms with Gasteiger partial charge in [0.1, 0.15) is 17.7 Å². The first kappa shape index (κ1) is 17.2. The van der Waals surface area contributed by atoms with Gasteiger partial charge in [-0.1, -0.05) is 13.8 Å². The molecule has 0 radical (unpaired) electrons. The van der Waals surface area contributed by atoms with Crippen LogP contribution in [-0.4, -0.2) is 26.3 Å². The van der Waals surface area contributed by atoms with Gasteiger partial charge in [-0.2, -0.15) is 10.4 Å². The summed E-state index contributed by atoms with van der Waals surface area (Å²) in [5, 5.41) is 13.6. The molecule has 2 aromatic heterocycles. The summed E-state index contributed by atoms with van der Waals surface area (Å²) in [6, 6.07) is 10.2. The number of benzene rings is 1. The molecule has 1 aromatic carbocycles. The number of halogens is 1. The lowest BCUT2D eigenvalue weighted by Crippen LogP contribution is -2.33. The highest BCUT2D eigenvalue weighted by Crippen LogP contribution is 2.33. The van der Waals surface area contributed by atoms with Gasteiger partial charge in [0.25, 0.3) is 0 Å². The minimum Gasteiger partial charge on any atom is -0.351 e. The number of anilines is 1. The van der Waals surface area contributed by atoms with Crippen molar-refractivity contribution in [3.63, 3.8) is 0 Å². The topological polar surface area (TPSA) is 70.6 Å². The van der Waals surface area contributed by atoms with Crippen LogP contribution in [0.5, 0.6) is 0 Å². The Bertz CT molecular complexity index is 1020. The number of rotatable bonds is 2. The Morgan fingerprint density at radius 2 is 1.96 bits per heavy atom. The van der Waals surface area contributed by atoms with E-state index in [1.807, 2.05) is 23.0 Å². The fourth-order valence-electron chi connectivity index (χ4n) is 3.56. The maximum absolute atomic E-state index is 13.3. The Hall–Kier alpha value is -3.27. The van der Waals surface area contributed by atoms with Gasteiger partial charge < -0.3 is 4.90 Å². The minimum absolute atomic E-state index is 0.0409. The third-order valence-electron chi connectivity index (χ3n) is 4.72. The van der Waals surface area contributed by atoms with Crippen LogP contribution in [0.25, 0.3) is 5.69 Å². The van der Waals surface area contributed by atoms with Gasteiger partial charge >= 0.3 is 0 Å². The van der Waals surface area contributed by atoms with Crippen LogP contribution in [0.2, 0.25) is 0 Å². The van der Waals surface area contributed by atoms with Crippen molar-refractivity contribution in [2.24, 2.45) is 5.41 Å². The van der Waals surface area contributed by atoms with E-state index in [0.29, 0.717) is 6.54 Å². The maximum atomic E-state index is 13.3. The molecule has 6 nitrogen and oxygen atoms in total. The number of fused-ring (bicyclic) bond motifs is 1. The number of nitriles is 1. The molecule has 4 rings (SSSR count). The van der Waals surface area contributed by atoms with Gasteiger partial charge in [-0.25, -0.2) is 19.0 Å². The monoisotopic (exact) mass is 362 g/mol. The van der Waals surface area contributed by atoms with Crippen LogP contribution in [0, 0.1) is 22.6 Å². The third kappa shape index (κ3) is 3.38. The maximum Gasteiger partial charge on any atom is 0.234 e. The van der Waals surface area contributed by atoms with Gasteiger partial charge in [0.2, 0.25) is 5.82 Å². The average Bonchev–Trinajstić information content (AvgIpc) is 2.96. The highest BCUT2D eigenvalue weighted by molar-refractivity contribution is 5.44. The summed E-state index contributed by atoms with van der Waals surface area (Å²) in [6.07, 6.45) is 4.30. The summed E-state index contributed by atoms with van der Waals surface area (Å²) in [5.41, 5.74) is 3.02. The molecule has 0 N–H and O–H groups in total. The lowest BCUT2D eigenvalue weighted by atomic mass is 9.87. The van der Waals surface area contributed by atoms with Gasteiger partial charge in [-0.15, -0.1) is 0 Å². The molecule has 1 aliphatic heterocycles. The number of nitrogens with zero attached hydrogens (tertiary/aromatic N) is 6. The fraction of sp³-hybridized carbons (Fsp3) is 0.300. The highest BCUT2D eigenvalue weighted by Gasteiger charge is 2.31. The SMILES string of the molecule is CC1(C)Cc2c(cnn2-c2ccc(F)cc2)CN(c2ccnc(C#N)n2)C1. The molecule has 0 atom stereocenters. The first-order valence-electron chi connectivity index (χ1n) is 8.75. The van der Waals surface area contributed by atoms with Gasteiger partial charge in [-0.05, 0) is 42.2 Å². The molecule has 27 heavy (non-hydrogen) atoms. The fourth-order valence-corrected chi connectivity index (χ4v) is 3.56. The number of hydrogen-bond donors (Lipinski definition) is 0. The van der Waals surface area contributed by atoms with Gasteiger partial charge in [-0.3, -0.25) is 0 Å². The molecular weight excluding hydrogens is 343 g/mol. The first-order valence-corrected chi connectivity index (χ1v) is 8.75. The largest absolute Gasteiger partial charge is 0.351 e. The van der Waals surface area contributed by atoms with E-state index < -0.39 is 0 Å². The zero-order valence-electron chi connectivity index (χ0n) is 15.2. The van der Waals surface area contributed by atoms with E-state index in [9.17, 15) is 4.39 Å². The van der Waals surface area contributed by atoms with Crippen molar-refractivity contribution in [3.8, 4) is 11.8 Å². The molecule has 7 heteroatoms. The molecule has 0 bridgehead atoms. The van der Waals surface area contributed by atoms with Crippen LogP contribution in [0.15, 0.2) is 42.7 Å². The van der Waals surface area contributed by atoms with Gasteiger partial charge in [0, 0.05) is 30.5 Å². The lowest BCUT2D eigenvalue weighted by molar-refractivity contribution is 0.363. The van der Waals surface area contributed by atoms with Crippen molar-refractivity contribution < 1.29 is 4.39 Å². The van der Waals surface area contributed by atoms with E-state index in [0.717, 1.165) is 35.7 Å². The second-order valence-corrected chi connectivity index (χ2v) is 7.55. The van der Waals surface area contributed by atoms with E-state index in [1.54, 1.807) is 18.3 Å². The van der Waals surface area contributed by atoms with Gasteiger partial charge in [0.05, 0.1) is 11.9 Å². The Labute approximate surface area is 156 Å². The predicted octanol–water partition coefficient (Wildman–Crippen LogP) is 3.26. The molecule has 1 aliphatic rings. The molecule has 0 aliphatic carbocycles. The molecule has 3 aromatic rings. The third-order valence-corrected chi connectivity index (χ3v) is 4.72. The van der Waals surface area contributed by atoms with Crippen molar-refractivity contribution in [2.45, 2.75) is 26.8 Å². The van der Waals surface area contributed by atoms with Crippen molar-refractivity contribution in [1.82, 2.24) is 19.7 Å². The highest BCUT2D eigenvalue weighted by atomic mass is 19.1. The van der Waals surface area contributed by atoms with E-state index in [-0.39, 0.29) is 17.1 Å². The van der Waals surface area contributed by atoms with Crippen LogP contribution in [0.1, 0.15) is 30.9 Å². The zero-order chi connectivity index (χ0) is 19.0. The second-order valence-electron chi connectivity index (χ2n) is 7.55. The molecule has 0 spiro atoms. The van der Waals surface area contributed by atoms with Crippen molar-refractivity contribution >= 4 is 5.82 Å². The summed E-state index contributed by atoms with van der Waals surface area (Å²) < 4.78 is 15.2. The molecule has 0 fully saturated rings. The second kappa shape index (κ2) is 6.47. The molecule has 0 unspecified atom stereocenters. The number of aromatic nitrogens is 4. The summed E-state index contributed by atoms with van der Waals surface area (Å²) in [5.74, 6) is 0.634. The van der Waals surface area contributed by atoms with Crippen LogP contribution in [-0.2, 0) is 13.0 Å². The van der Waals surface area contributed by atoms with Crippen LogP contribution in [0.4, 0.5) is 10.2 Å². The smallest absolute Gasteiger partial charge is 0.234 e. The Kier molecular flexibility index (Phi) is 4.11. The van der Waals surface area contributed by atoms with E-state index in [1.165, 1.54) is 12.1 Å². The van der Waals surface area contributed by atoms with Crippen LogP contribution >= 0.6 is 0 Å². The molecule has 0 saturated carbocycles. The molecule has 0 amide bonds. The zero-order valence-corrected chi connectivity index (χ0v) is 15.2. The average molecular weight is 362 g/mol. The number of hydrogen-bond acceptors (Lipinski definition) is 5. The minimum atomic E-state index is -0.263. The van der Waals surface area contributed by atoms with E-state index >= 15 is 0 Å². The first-order chi connectivity index (χ1) is 12.9. The van der Waals surface area contributed by atoms with Crippen LogP contribution in [0.3, 0.4) is 0 Å².